The Bertz CT molecular complexity index is 880. The van der Waals surface area contributed by atoms with Gasteiger partial charge in [0.25, 0.3) is 0 Å². The lowest BCUT2D eigenvalue weighted by molar-refractivity contribution is 0.219. The Morgan fingerprint density at radius 2 is 2.10 bits per heavy atom. The topological polar surface area (TPSA) is 66.3 Å². The molecule has 1 unspecified atom stereocenters. The van der Waals surface area contributed by atoms with Crippen molar-refractivity contribution < 1.29 is 9.18 Å². The predicted molar refractivity (Wildman–Crippen MR) is 110 cm³/mol. The van der Waals surface area contributed by atoms with E-state index in [1.54, 1.807) is 17.0 Å². The molecule has 2 aliphatic heterocycles. The number of carbonyl (C=O) groups is 1. The van der Waals surface area contributed by atoms with E-state index in [1.807, 2.05) is 14.1 Å². The molecule has 156 valence electrons. The summed E-state index contributed by atoms with van der Waals surface area (Å²) in [5, 5.41) is 11.4. The lowest BCUT2D eigenvalue weighted by Crippen LogP contribution is -2.34. The average Bonchev–Trinajstić information content (AvgIpc) is 3.24. The number of urea groups is 1. The number of hydrogen-bond donors (Lipinski definition) is 1. The molecule has 8 heteroatoms. The predicted octanol–water partition coefficient (Wildman–Crippen LogP) is 3.23. The van der Waals surface area contributed by atoms with Crippen LogP contribution in [0.2, 0.25) is 0 Å². The van der Waals surface area contributed by atoms with E-state index in [9.17, 15) is 9.18 Å². The van der Waals surface area contributed by atoms with Crippen molar-refractivity contribution in [3.05, 3.63) is 29.8 Å². The quantitative estimate of drug-likeness (QED) is 0.856. The van der Waals surface area contributed by atoms with E-state index >= 15 is 0 Å². The molecule has 0 aliphatic carbocycles. The van der Waals surface area contributed by atoms with Crippen LogP contribution in [0.25, 0.3) is 11.4 Å². The Morgan fingerprint density at radius 1 is 1.24 bits per heavy atom. The third-order valence-electron chi connectivity index (χ3n) is 5.77. The van der Waals surface area contributed by atoms with Gasteiger partial charge in [0, 0.05) is 38.2 Å². The average molecular weight is 401 g/mol. The molecule has 7 nitrogen and oxygen atoms in total. The highest BCUT2D eigenvalue weighted by Gasteiger charge is 2.27. The molecule has 0 bridgehead atoms. The number of rotatable bonds is 4. The van der Waals surface area contributed by atoms with Gasteiger partial charge in [-0.1, -0.05) is 6.42 Å². The number of nitrogens with zero attached hydrogens (tertiary/aromatic N) is 5. The van der Waals surface area contributed by atoms with Crippen molar-refractivity contribution in [3.63, 3.8) is 0 Å². The number of likely N-dealkylation sites (tertiary alicyclic amines) is 1. The Labute approximate surface area is 170 Å². The molecular formula is C21H29FN6O. The first-order chi connectivity index (χ1) is 14.0. The number of benzene rings is 1. The zero-order valence-electron chi connectivity index (χ0n) is 17.2. The van der Waals surface area contributed by atoms with Crippen molar-refractivity contribution in [2.75, 3.05) is 39.0 Å². The van der Waals surface area contributed by atoms with Crippen molar-refractivity contribution in [1.82, 2.24) is 24.6 Å². The van der Waals surface area contributed by atoms with Crippen LogP contribution in [-0.4, -0.2) is 64.3 Å². The van der Waals surface area contributed by atoms with Crippen molar-refractivity contribution in [2.24, 2.45) is 5.92 Å². The second-order valence-electron chi connectivity index (χ2n) is 8.39. The summed E-state index contributed by atoms with van der Waals surface area (Å²) in [4.78, 5) is 16.6. The zero-order valence-corrected chi connectivity index (χ0v) is 17.2. The summed E-state index contributed by atoms with van der Waals surface area (Å²) in [5.41, 5.74) is 0.962. The van der Waals surface area contributed by atoms with Crippen LogP contribution in [0, 0.1) is 11.7 Å². The van der Waals surface area contributed by atoms with E-state index in [4.69, 9.17) is 0 Å². The van der Waals surface area contributed by atoms with Gasteiger partial charge in [-0.2, -0.15) is 0 Å². The van der Waals surface area contributed by atoms with E-state index in [2.05, 4.69) is 25.0 Å². The van der Waals surface area contributed by atoms with Crippen LogP contribution >= 0.6 is 0 Å². The Balaban J connectivity index is 1.50. The van der Waals surface area contributed by atoms with Crippen LogP contribution < -0.4 is 5.32 Å². The Kier molecular flexibility index (Phi) is 5.80. The first-order valence-electron chi connectivity index (χ1n) is 10.4. The number of aromatic nitrogens is 3. The zero-order chi connectivity index (χ0) is 20.4. The Morgan fingerprint density at radius 3 is 2.93 bits per heavy atom. The highest BCUT2D eigenvalue weighted by atomic mass is 19.1. The van der Waals surface area contributed by atoms with Gasteiger partial charge in [0.05, 0.1) is 5.69 Å². The normalized spacial score (nSPS) is 19.3. The van der Waals surface area contributed by atoms with Crippen molar-refractivity contribution in [2.45, 2.75) is 38.6 Å². The molecular weight excluding hydrogens is 371 g/mol. The molecule has 1 aromatic heterocycles. The smallest absolute Gasteiger partial charge is 0.321 e. The fraction of sp³-hybridized carbons (Fsp3) is 0.571. The number of amides is 2. The minimum atomic E-state index is -0.443. The minimum absolute atomic E-state index is 0.189. The van der Waals surface area contributed by atoms with Gasteiger partial charge in [0.1, 0.15) is 11.6 Å². The maximum Gasteiger partial charge on any atom is 0.321 e. The van der Waals surface area contributed by atoms with E-state index in [0.717, 1.165) is 56.0 Å². The molecule has 29 heavy (non-hydrogen) atoms. The lowest BCUT2D eigenvalue weighted by atomic mass is 10.1. The van der Waals surface area contributed by atoms with E-state index in [-0.39, 0.29) is 11.7 Å². The highest BCUT2D eigenvalue weighted by Crippen LogP contribution is 2.27. The van der Waals surface area contributed by atoms with Gasteiger partial charge in [-0.15, -0.1) is 10.2 Å². The number of nitrogens with one attached hydrogen (secondary N) is 1. The minimum Gasteiger partial charge on any atom is -0.324 e. The second kappa shape index (κ2) is 8.49. The number of fused-ring (bicyclic) bond motifs is 1. The molecule has 2 aromatic rings. The van der Waals surface area contributed by atoms with Crippen molar-refractivity contribution >= 4 is 11.7 Å². The van der Waals surface area contributed by atoms with Crippen molar-refractivity contribution in [3.8, 4) is 11.4 Å². The third kappa shape index (κ3) is 4.42. The molecule has 2 amide bonds. The van der Waals surface area contributed by atoms with Gasteiger partial charge < -0.3 is 19.7 Å². The van der Waals surface area contributed by atoms with Crippen LogP contribution in [0.15, 0.2) is 18.2 Å². The molecule has 0 spiro atoms. The number of aryl methyl sites for hydroxylation is 1. The fourth-order valence-corrected chi connectivity index (χ4v) is 4.34. The summed E-state index contributed by atoms with van der Waals surface area (Å²) >= 11 is 0. The molecule has 0 radical (unpaired) electrons. The summed E-state index contributed by atoms with van der Waals surface area (Å²) in [6.07, 6.45) is 5.28. The molecule has 3 heterocycles. The van der Waals surface area contributed by atoms with Gasteiger partial charge in [0.2, 0.25) is 0 Å². The molecule has 2 aliphatic rings. The van der Waals surface area contributed by atoms with Gasteiger partial charge in [-0.05, 0) is 57.5 Å². The summed E-state index contributed by atoms with van der Waals surface area (Å²) in [6, 6.07) is 4.52. The van der Waals surface area contributed by atoms with E-state index < -0.39 is 5.82 Å². The Hall–Kier alpha value is -2.48. The number of hydrogen-bond acceptors (Lipinski definition) is 4. The number of halogens is 1. The van der Waals surface area contributed by atoms with Gasteiger partial charge in [0.15, 0.2) is 5.82 Å². The maximum absolute atomic E-state index is 14.4. The first-order valence-corrected chi connectivity index (χ1v) is 10.4. The highest BCUT2D eigenvalue weighted by molar-refractivity contribution is 5.90. The second-order valence-corrected chi connectivity index (χ2v) is 8.39. The molecule has 1 fully saturated rings. The van der Waals surface area contributed by atoms with E-state index in [1.165, 1.54) is 12.5 Å². The monoisotopic (exact) mass is 400 g/mol. The SMILES string of the molecule is CN(C)CC1CCN(C(=O)Nc2cc(-c3nnc4n3CCCCC4)ccc2F)C1. The third-order valence-corrected chi connectivity index (χ3v) is 5.77. The summed E-state index contributed by atoms with van der Waals surface area (Å²) in [7, 11) is 4.07. The summed E-state index contributed by atoms with van der Waals surface area (Å²) in [5.74, 6) is 1.74. The molecule has 1 atom stereocenters. The summed E-state index contributed by atoms with van der Waals surface area (Å²) < 4.78 is 16.6. The molecule has 4 rings (SSSR count). The van der Waals surface area contributed by atoms with Crippen LogP contribution in [0.3, 0.4) is 0 Å². The largest absolute Gasteiger partial charge is 0.324 e. The van der Waals surface area contributed by atoms with E-state index in [0.29, 0.717) is 19.0 Å². The van der Waals surface area contributed by atoms with Crippen LogP contribution in [0.5, 0.6) is 0 Å². The van der Waals surface area contributed by atoms with Gasteiger partial charge in [-0.25, -0.2) is 9.18 Å². The molecule has 1 N–H and O–H groups in total. The maximum atomic E-state index is 14.4. The molecule has 1 aromatic carbocycles. The fourth-order valence-electron chi connectivity index (χ4n) is 4.34. The first kappa shape index (κ1) is 19.8. The van der Waals surface area contributed by atoms with Crippen LogP contribution in [-0.2, 0) is 13.0 Å². The standard InChI is InChI=1S/C21H29FN6O/c1-26(2)13-15-9-11-27(14-15)21(29)23-18-12-16(7-8-17(18)22)20-25-24-19-6-4-3-5-10-28(19)20/h7-8,12,15H,3-6,9-11,13-14H2,1-2H3,(H,23,29). The van der Waals surface area contributed by atoms with Gasteiger partial charge >= 0.3 is 6.03 Å². The molecule has 0 saturated carbocycles. The number of anilines is 1. The number of carbonyl (C=O) groups excluding carboxylic acids is 1. The van der Waals surface area contributed by atoms with Crippen LogP contribution in [0.4, 0.5) is 14.9 Å². The summed E-state index contributed by atoms with van der Waals surface area (Å²) in [6.45, 7) is 3.22. The van der Waals surface area contributed by atoms with Gasteiger partial charge in [-0.3, -0.25) is 0 Å². The van der Waals surface area contributed by atoms with Crippen LogP contribution in [0.1, 0.15) is 31.5 Å². The lowest BCUT2D eigenvalue weighted by Gasteiger charge is -2.19. The van der Waals surface area contributed by atoms with Crippen molar-refractivity contribution in [1.29, 1.82) is 0 Å². The molecule has 1 saturated heterocycles.